The third-order valence-electron chi connectivity index (χ3n) is 3.58. The van der Waals surface area contributed by atoms with Gasteiger partial charge in [0.15, 0.2) is 0 Å². The van der Waals surface area contributed by atoms with Crippen LogP contribution >= 0.6 is 35.6 Å². The second kappa shape index (κ2) is 7.61. The Kier molecular flexibility index (Phi) is 5.98. The van der Waals surface area contributed by atoms with Crippen LogP contribution in [0.5, 0.6) is 0 Å². The van der Waals surface area contributed by atoms with Crippen LogP contribution in [0.25, 0.3) is 11.0 Å². The summed E-state index contributed by atoms with van der Waals surface area (Å²) in [5, 5.41) is 4.70. The average Bonchev–Trinajstić information content (AvgIpc) is 3.08. The van der Waals surface area contributed by atoms with Crippen molar-refractivity contribution in [2.24, 2.45) is 12.8 Å². The largest absolute Gasteiger partial charge is 0.467 e. The predicted molar refractivity (Wildman–Crippen MR) is 99.2 cm³/mol. The Morgan fingerprint density at radius 1 is 1.38 bits per heavy atom. The number of hydrogen-bond acceptors (Lipinski definition) is 5. The van der Waals surface area contributed by atoms with E-state index in [1.54, 1.807) is 6.26 Å². The van der Waals surface area contributed by atoms with Gasteiger partial charge < -0.3 is 20.0 Å². The van der Waals surface area contributed by atoms with Crippen molar-refractivity contribution < 1.29 is 4.42 Å². The van der Waals surface area contributed by atoms with Crippen LogP contribution in [0.15, 0.2) is 22.8 Å². The Hall–Kier alpha value is -1.47. The molecule has 0 bridgehead atoms. The fraction of sp³-hybridized carbons (Fsp3) is 0.333. The standard InChI is InChI=1S/C15H17Cl2N5O.ClH/c1-8(18)6-10-12(16)11-13(19-7-9-4-3-5-23-9)20-15(17)21-14(11)22(10)2;/h3-5,8H,6-7,18H2,1-2H3,(H,19,20,21);1H/t8-;/m0./s1. The highest BCUT2D eigenvalue weighted by molar-refractivity contribution is 6.37. The van der Waals surface area contributed by atoms with Crippen LogP contribution in [0.2, 0.25) is 10.3 Å². The molecule has 3 heterocycles. The molecule has 0 aliphatic carbocycles. The number of furan rings is 1. The average molecular weight is 391 g/mol. The molecule has 6 nitrogen and oxygen atoms in total. The van der Waals surface area contributed by atoms with E-state index in [1.807, 2.05) is 30.7 Å². The molecule has 0 aliphatic rings. The van der Waals surface area contributed by atoms with Crippen LogP contribution in [0.3, 0.4) is 0 Å². The first kappa shape index (κ1) is 18.9. The minimum atomic E-state index is -0.0153. The zero-order valence-electron chi connectivity index (χ0n) is 13.2. The van der Waals surface area contributed by atoms with E-state index in [0.29, 0.717) is 29.5 Å². The van der Waals surface area contributed by atoms with Crippen molar-refractivity contribution in [1.82, 2.24) is 14.5 Å². The molecule has 0 unspecified atom stereocenters. The minimum Gasteiger partial charge on any atom is -0.467 e. The normalized spacial score (nSPS) is 12.2. The Labute approximate surface area is 155 Å². The van der Waals surface area contributed by atoms with Crippen molar-refractivity contribution >= 4 is 52.5 Å². The fourth-order valence-corrected chi connectivity index (χ4v) is 3.07. The summed E-state index contributed by atoms with van der Waals surface area (Å²) in [6, 6.07) is 3.69. The summed E-state index contributed by atoms with van der Waals surface area (Å²) in [4.78, 5) is 8.57. The number of nitrogens with zero attached hydrogens (tertiary/aromatic N) is 3. The lowest BCUT2D eigenvalue weighted by atomic mass is 10.2. The first-order valence-electron chi connectivity index (χ1n) is 7.19. The number of fused-ring (bicyclic) bond motifs is 1. The highest BCUT2D eigenvalue weighted by Crippen LogP contribution is 2.35. The number of anilines is 1. The maximum Gasteiger partial charge on any atom is 0.226 e. The second-order valence-electron chi connectivity index (χ2n) is 5.47. The van der Waals surface area contributed by atoms with E-state index in [4.69, 9.17) is 33.4 Å². The lowest BCUT2D eigenvalue weighted by Crippen LogP contribution is -2.19. The van der Waals surface area contributed by atoms with E-state index in [0.717, 1.165) is 16.8 Å². The molecular weight excluding hydrogens is 373 g/mol. The summed E-state index contributed by atoms with van der Waals surface area (Å²) < 4.78 is 7.23. The lowest BCUT2D eigenvalue weighted by Gasteiger charge is -2.07. The number of halogens is 3. The van der Waals surface area contributed by atoms with Crippen molar-refractivity contribution in [2.75, 3.05) is 5.32 Å². The summed E-state index contributed by atoms with van der Waals surface area (Å²) in [6.07, 6.45) is 2.26. The summed E-state index contributed by atoms with van der Waals surface area (Å²) in [5.74, 6) is 1.36. The molecule has 0 spiro atoms. The molecule has 0 fully saturated rings. The molecule has 0 saturated carbocycles. The number of hydrogen-bond donors (Lipinski definition) is 2. The van der Waals surface area contributed by atoms with Crippen molar-refractivity contribution in [3.8, 4) is 0 Å². The lowest BCUT2D eigenvalue weighted by molar-refractivity contribution is 0.518. The molecule has 3 aromatic heterocycles. The number of nitrogens with two attached hydrogens (primary N) is 1. The Morgan fingerprint density at radius 2 is 2.12 bits per heavy atom. The van der Waals surface area contributed by atoms with Crippen LogP contribution in [0, 0.1) is 0 Å². The van der Waals surface area contributed by atoms with Crippen LogP contribution in [-0.4, -0.2) is 20.6 Å². The van der Waals surface area contributed by atoms with E-state index >= 15 is 0 Å². The molecular formula is C15H18Cl3N5O. The molecule has 9 heteroatoms. The van der Waals surface area contributed by atoms with E-state index in [2.05, 4.69) is 15.3 Å². The second-order valence-corrected chi connectivity index (χ2v) is 6.19. The van der Waals surface area contributed by atoms with E-state index in [-0.39, 0.29) is 23.7 Å². The quantitative estimate of drug-likeness (QED) is 0.648. The van der Waals surface area contributed by atoms with Crippen molar-refractivity contribution in [1.29, 1.82) is 0 Å². The fourth-order valence-electron chi connectivity index (χ4n) is 2.53. The minimum absolute atomic E-state index is 0. The van der Waals surface area contributed by atoms with Gasteiger partial charge in [0.05, 0.1) is 23.2 Å². The maximum atomic E-state index is 6.56. The van der Waals surface area contributed by atoms with E-state index < -0.39 is 0 Å². The van der Waals surface area contributed by atoms with Gasteiger partial charge in [-0.25, -0.2) is 0 Å². The van der Waals surface area contributed by atoms with Crippen LogP contribution in [0.4, 0.5) is 5.82 Å². The topological polar surface area (TPSA) is 81.9 Å². The molecule has 0 saturated heterocycles. The van der Waals surface area contributed by atoms with Crippen molar-refractivity contribution in [3.05, 3.63) is 40.2 Å². The van der Waals surface area contributed by atoms with E-state index in [1.165, 1.54) is 0 Å². The molecule has 3 N–H and O–H groups in total. The van der Waals surface area contributed by atoms with Gasteiger partial charge in [-0.15, -0.1) is 12.4 Å². The van der Waals surface area contributed by atoms with Gasteiger partial charge in [0.2, 0.25) is 5.28 Å². The first-order valence-corrected chi connectivity index (χ1v) is 7.95. The zero-order chi connectivity index (χ0) is 16.6. The molecule has 3 rings (SSSR count). The number of rotatable bonds is 5. The maximum absolute atomic E-state index is 6.56. The third-order valence-corrected chi connectivity index (χ3v) is 4.16. The Bertz CT molecular complexity index is 830. The molecule has 130 valence electrons. The summed E-state index contributed by atoms with van der Waals surface area (Å²) >= 11 is 12.6. The molecule has 0 aromatic carbocycles. The summed E-state index contributed by atoms with van der Waals surface area (Å²) in [7, 11) is 1.89. The highest BCUT2D eigenvalue weighted by Gasteiger charge is 2.20. The van der Waals surface area contributed by atoms with Crippen LogP contribution in [0.1, 0.15) is 18.4 Å². The van der Waals surface area contributed by atoms with Gasteiger partial charge in [-0.3, -0.25) is 0 Å². The zero-order valence-corrected chi connectivity index (χ0v) is 15.5. The Balaban J connectivity index is 0.00000208. The molecule has 1 atom stereocenters. The van der Waals surface area contributed by atoms with Gasteiger partial charge in [-0.1, -0.05) is 11.6 Å². The SMILES string of the molecule is C[C@H](N)Cc1c(Cl)c2c(NCc3ccco3)nc(Cl)nc2n1C.Cl. The summed E-state index contributed by atoms with van der Waals surface area (Å²) in [6.45, 7) is 2.41. The predicted octanol–water partition coefficient (Wildman–Crippen LogP) is 3.79. The van der Waals surface area contributed by atoms with Gasteiger partial charge >= 0.3 is 0 Å². The van der Waals surface area contributed by atoms with Gasteiger partial charge in [-0.05, 0) is 30.7 Å². The number of nitrogens with one attached hydrogen (secondary N) is 1. The molecule has 0 amide bonds. The third kappa shape index (κ3) is 3.62. The molecule has 0 radical (unpaired) electrons. The Morgan fingerprint density at radius 3 is 2.75 bits per heavy atom. The monoisotopic (exact) mass is 389 g/mol. The first-order chi connectivity index (χ1) is 11.0. The molecule has 0 aliphatic heterocycles. The van der Waals surface area contributed by atoms with E-state index in [9.17, 15) is 0 Å². The van der Waals surface area contributed by atoms with Crippen molar-refractivity contribution in [2.45, 2.75) is 25.9 Å². The number of aromatic nitrogens is 3. The highest BCUT2D eigenvalue weighted by atomic mass is 35.5. The van der Waals surface area contributed by atoms with Gasteiger partial charge in [-0.2, -0.15) is 9.97 Å². The summed E-state index contributed by atoms with van der Waals surface area (Å²) in [5.41, 5.74) is 7.50. The van der Waals surface area contributed by atoms with Crippen LogP contribution < -0.4 is 11.1 Å². The van der Waals surface area contributed by atoms with Crippen LogP contribution in [-0.2, 0) is 20.0 Å². The van der Waals surface area contributed by atoms with Crippen molar-refractivity contribution in [3.63, 3.8) is 0 Å². The molecule has 3 aromatic rings. The van der Waals surface area contributed by atoms with Gasteiger partial charge in [0.1, 0.15) is 17.2 Å². The van der Waals surface area contributed by atoms with Gasteiger partial charge in [0.25, 0.3) is 0 Å². The van der Waals surface area contributed by atoms with Gasteiger partial charge in [0, 0.05) is 25.2 Å². The smallest absolute Gasteiger partial charge is 0.226 e. The molecule has 24 heavy (non-hydrogen) atoms. The number of aryl methyl sites for hydroxylation is 1.